The van der Waals surface area contributed by atoms with E-state index in [2.05, 4.69) is 27.3 Å². The number of aromatic nitrogens is 1. The van der Waals surface area contributed by atoms with Crippen molar-refractivity contribution in [2.75, 3.05) is 19.6 Å². The second-order valence-corrected chi connectivity index (χ2v) is 9.88. The molecule has 2 aliphatic rings. The maximum absolute atomic E-state index is 13.4. The molecule has 0 aliphatic carbocycles. The molecule has 1 atom stereocenters. The van der Waals surface area contributed by atoms with E-state index in [0.29, 0.717) is 19.4 Å². The van der Waals surface area contributed by atoms with Gasteiger partial charge in [0.1, 0.15) is 5.54 Å². The van der Waals surface area contributed by atoms with E-state index in [-0.39, 0.29) is 17.9 Å². The summed E-state index contributed by atoms with van der Waals surface area (Å²) < 4.78 is 0. The zero-order valence-electron chi connectivity index (χ0n) is 18.1. The topological polar surface area (TPSA) is 65.5 Å². The number of thiazole rings is 1. The molecule has 2 saturated heterocycles. The SMILES string of the molecule is CC[C@]1(C2CCN(Cc3ccc(Cl)cc3)CC2)NC(=O)N(CCc2scnc2C)C1=O. The minimum atomic E-state index is -0.772. The first-order valence-electron chi connectivity index (χ1n) is 10.9. The van der Waals surface area contributed by atoms with Gasteiger partial charge in [-0.2, -0.15) is 0 Å². The van der Waals surface area contributed by atoms with Gasteiger partial charge in [-0.1, -0.05) is 30.7 Å². The highest BCUT2D eigenvalue weighted by Gasteiger charge is 2.54. The molecule has 2 fully saturated rings. The Labute approximate surface area is 192 Å². The number of hydrogen-bond acceptors (Lipinski definition) is 5. The standard InChI is InChI=1S/C23H29ClN4O2S/c1-3-23(18-8-11-27(12-9-18)14-17-4-6-19(24)7-5-17)21(29)28(22(30)26-23)13-10-20-16(2)25-15-31-20/h4-7,15,18H,3,8-14H2,1-2H3,(H,26,30)/t23-/m1/s1. The molecule has 4 rings (SSSR count). The van der Waals surface area contributed by atoms with Crippen LogP contribution in [0.15, 0.2) is 29.8 Å². The number of imide groups is 1. The molecule has 3 amide bonds. The summed E-state index contributed by atoms with van der Waals surface area (Å²) in [5.41, 5.74) is 3.26. The Morgan fingerprint density at radius 2 is 1.94 bits per heavy atom. The molecule has 0 bridgehead atoms. The van der Waals surface area contributed by atoms with Crippen molar-refractivity contribution in [2.24, 2.45) is 5.92 Å². The number of carbonyl (C=O) groups excluding carboxylic acids is 2. The largest absolute Gasteiger partial charge is 0.325 e. The number of rotatable bonds is 7. The molecule has 166 valence electrons. The minimum Gasteiger partial charge on any atom is -0.323 e. The van der Waals surface area contributed by atoms with Crippen LogP contribution in [0.4, 0.5) is 4.79 Å². The maximum Gasteiger partial charge on any atom is 0.325 e. The molecule has 0 saturated carbocycles. The van der Waals surface area contributed by atoms with Gasteiger partial charge in [-0.3, -0.25) is 14.6 Å². The third kappa shape index (κ3) is 4.49. The lowest BCUT2D eigenvalue weighted by Crippen LogP contribution is -2.55. The molecule has 1 aromatic carbocycles. The molecule has 8 heteroatoms. The van der Waals surface area contributed by atoms with Gasteiger partial charge in [0.15, 0.2) is 0 Å². The van der Waals surface area contributed by atoms with Gasteiger partial charge in [0.2, 0.25) is 0 Å². The van der Waals surface area contributed by atoms with Crippen LogP contribution in [-0.2, 0) is 17.8 Å². The quantitative estimate of drug-likeness (QED) is 0.627. The van der Waals surface area contributed by atoms with Gasteiger partial charge in [-0.05, 0) is 62.9 Å². The molecule has 0 radical (unpaired) electrons. The Hall–Kier alpha value is -1.96. The predicted molar refractivity (Wildman–Crippen MR) is 123 cm³/mol. The Balaban J connectivity index is 1.38. The summed E-state index contributed by atoms with van der Waals surface area (Å²) in [4.78, 5) is 35.4. The zero-order chi connectivity index (χ0) is 22.0. The molecule has 3 heterocycles. The van der Waals surface area contributed by atoms with Gasteiger partial charge in [0.25, 0.3) is 5.91 Å². The van der Waals surface area contributed by atoms with E-state index in [1.807, 2.05) is 31.5 Å². The average molecular weight is 461 g/mol. The summed E-state index contributed by atoms with van der Waals surface area (Å²) in [5.74, 6) is 0.101. The number of benzene rings is 1. The van der Waals surface area contributed by atoms with Crippen molar-refractivity contribution >= 4 is 34.9 Å². The van der Waals surface area contributed by atoms with Crippen molar-refractivity contribution in [3.05, 3.63) is 50.9 Å². The Bertz CT molecular complexity index is 939. The number of carbonyl (C=O) groups is 2. The van der Waals surface area contributed by atoms with E-state index in [4.69, 9.17) is 11.6 Å². The zero-order valence-corrected chi connectivity index (χ0v) is 19.6. The second kappa shape index (κ2) is 9.27. The highest BCUT2D eigenvalue weighted by Crippen LogP contribution is 2.36. The molecule has 31 heavy (non-hydrogen) atoms. The van der Waals surface area contributed by atoms with Crippen molar-refractivity contribution in [1.29, 1.82) is 0 Å². The number of halogens is 1. The van der Waals surface area contributed by atoms with E-state index in [9.17, 15) is 9.59 Å². The van der Waals surface area contributed by atoms with Crippen LogP contribution in [0.1, 0.15) is 42.3 Å². The first kappa shape index (κ1) is 22.2. The minimum absolute atomic E-state index is 0.0571. The molecule has 1 aromatic heterocycles. The normalized spacial score (nSPS) is 22.9. The Kier molecular flexibility index (Phi) is 6.65. The van der Waals surface area contributed by atoms with Crippen molar-refractivity contribution < 1.29 is 9.59 Å². The van der Waals surface area contributed by atoms with Gasteiger partial charge in [-0.15, -0.1) is 11.3 Å². The molecule has 2 aromatic rings. The van der Waals surface area contributed by atoms with Crippen molar-refractivity contribution in [2.45, 2.75) is 51.6 Å². The van der Waals surface area contributed by atoms with Crippen LogP contribution in [0.5, 0.6) is 0 Å². The molecular weight excluding hydrogens is 432 g/mol. The third-order valence-electron chi connectivity index (χ3n) is 6.77. The smallest absolute Gasteiger partial charge is 0.323 e. The van der Waals surface area contributed by atoms with Crippen LogP contribution in [0, 0.1) is 12.8 Å². The number of nitrogens with zero attached hydrogens (tertiary/aromatic N) is 3. The molecular formula is C23H29ClN4O2S. The fraction of sp³-hybridized carbons (Fsp3) is 0.522. The monoisotopic (exact) mass is 460 g/mol. The van der Waals surface area contributed by atoms with Gasteiger partial charge in [0, 0.05) is 29.4 Å². The lowest BCUT2D eigenvalue weighted by atomic mass is 9.75. The van der Waals surface area contributed by atoms with Crippen LogP contribution in [0.25, 0.3) is 0 Å². The summed E-state index contributed by atoms with van der Waals surface area (Å²) in [6.45, 7) is 7.09. The third-order valence-corrected chi connectivity index (χ3v) is 8.02. The van der Waals surface area contributed by atoms with E-state index >= 15 is 0 Å². The van der Waals surface area contributed by atoms with Gasteiger partial charge < -0.3 is 5.32 Å². The molecule has 0 unspecified atom stereocenters. The highest BCUT2D eigenvalue weighted by molar-refractivity contribution is 7.09. The Morgan fingerprint density at radius 1 is 1.23 bits per heavy atom. The summed E-state index contributed by atoms with van der Waals surface area (Å²) in [6.07, 6.45) is 3.08. The average Bonchev–Trinajstić information content (AvgIpc) is 3.29. The summed E-state index contributed by atoms with van der Waals surface area (Å²) in [5, 5.41) is 3.84. The van der Waals surface area contributed by atoms with Crippen LogP contribution in [-0.4, -0.2) is 51.9 Å². The number of likely N-dealkylation sites (tertiary alicyclic amines) is 1. The van der Waals surface area contributed by atoms with Gasteiger partial charge in [-0.25, -0.2) is 9.78 Å². The molecule has 2 aliphatic heterocycles. The summed E-state index contributed by atoms with van der Waals surface area (Å²) >= 11 is 7.56. The number of hydrogen-bond donors (Lipinski definition) is 1. The predicted octanol–water partition coefficient (Wildman–Crippen LogP) is 4.26. The molecule has 6 nitrogen and oxygen atoms in total. The number of urea groups is 1. The van der Waals surface area contributed by atoms with Gasteiger partial charge in [0.05, 0.1) is 11.2 Å². The molecule has 1 N–H and O–H groups in total. The lowest BCUT2D eigenvalue weighted by Gasteiger charge is -2.40. The van der Waals surface area contributed by atoms with E-state index < -0.39 is 5.54 Å². The number of amides is 3. The number of piperidine rings is 1. The maximum atomic E-state index is 13.4. The van der Waals surface area contributed by atoms with E-state index in [1.165, 1.54) is 10.5 Å². The fourth-order valence-electron chi connectivity index (χ4n) is 4.86. The molecule has 0 spiro atoms. The summed E-state index contributed by atoms with van der Waals surface area (Å²) in [7, 11) is 0. The van der Waals surface area contributed by atoms with Crippen molar-refractivity contribution in [3.8, 4) is 0 Å². The lowest BCUT2D eigenvalue weighted by molar-refractivity contribution is -0.134. The van der Waals surface area contributed by atoms with Crippen LogP contribution >= 0.6 is 22.9 Å². The van der Waals surface area contributed by atoms with Crippen LogP contribution in [0.3, 0.4) is 0 Å². The van der Waals surface area contributed by atoms with Crippen molar-refractivity contribution in [1.82, 2.24) is 20.1 Å². The van der Waals surface area contributed by atoms with Gasteiger partial charge >= 0.3 is 6.03 Å². The first-order chi connectivity index (χ1) is 14.9. The van der Waals surface area contributed by atoms with Crippen LogP contribution < -0.4 is 5.32 Å². The fourth-order valence-corrected chi connectivity index (χ4v) is 5.76. The van der Waals surface area contributed by atoms with E-state index in [0.717, 1.165) is 48.1 Å². The van der Waals surface area contributed by atoms with Crippen LogP contribution in [0.2, 0.25) is 5.02 Å². The van der Waals surface area contributed by atoms with E-state index in [1.54, 1.807) is 11.3 Å². The second-order valence-electron chi connectivity index (χ2n) is 8.50. The van der Waals surface area contributed by atoms with Crippen molar-refractivity contribution in [3.63, 3.8) is 0 Å². The number of aryl methyl sites for hydroxylation is 1. The highest BCUT2D eigenvalue weighted by atomic mass is 35.5. The summed E-state index contributed by atoms with van der Waals surface area (Å²) in [6, 6.07) is 7.71. The Morgan fingerprint density at radius 3 is 2.55 bits per heavy atom. The first-order valence-corrected chi connectivity index (χ1v) is 12.2. The number of nitrogens with one attached hydrogen (secondary N) is 1.